The minimum absolute atomic E-state index is 0.267. The van der Waals surface area contributed by atoms with Gasteiger partial charge in [-0.1, -0.05) is 73.7 Å². The molecule has 1 aliphatic heterocycles. The van der Waals surface area contributed by atoms with Crippen LogP contribution in [0.15, 0.2) is 98.3 Å². The van der Waals surface area contributed by atoms with Crippen LogP contribution < -0.4 is 24.9 Å². The number of aromatic nitrogens is 1. The number of para-hydroxylation sites is 1. The summed E-state index contributed by atoms with van der Waals surface area (Å²) in [4.78, 5) is 43.7. The number of carbonyl (C=O) groups is 2. The molecular weight excluding hydrogens is 618 g/mol. The van der Waals surface area contributed by atoms with Crippen molar-refractivity contribution in [1.29, 1.82) is 0 Å². The highest BCUT2D eigenvalue weighted by atomic mass is 79.9. The minimum atomic E-state index is -1.08. The van der Waals surface area contributed by atoms with Gasteiger partial charge in [-0.25, -0.2) is 9.79 Å². The van der Waals surface area contributed by atoms with E-state index in [4.69, 9.17) is 14.8 Å². The number of anilines is 1. The lowest BCUT2D eigenvalue weighted by Crippen LogP contribution is -2.40. The number of hydrogen-bond donors (Lipinski definition) is 2. The van der Waals surface area contributed by atoms with E-state index in [9.17, 15) is 14.4 Å². The number of ether oxygens (including phenoxy) is 1. The van der Waals surface area contributed by atoms with Gasteiger partial charge >= 0.3 is 5.97 Å². The van der Waals surface area contributed by atoms with Crippen molar-refractivity contribution in [3.8, 4) is 5.75 Å². The maximum absolute atomic E-state index is 14.0. The van der Waals surface area contributed by atoms with Crippen molar-refractivity contribution < 1.29 is 19.4 Å². The molecule has 0 radical (unpaired) electrons. The SMILES string of the molecule is CC1=C(C(=O)Nc2ccccc2)[C@H](c2ccc(C(C)C)cc2)n2c(s/c(=C/c3ccc(OCC(=O)O)c(Br)c3)c2=O)=N1. The summed E-state index contributed by atoms with van der Waals surface area (Å²) in [7, 11) is 0. The molecule has 0 unspecified atom stereocenters. The standard InChI is InChI=1S/C32H28BrN3O5S/c1-18(2)21-10-12-22(13-11-21)29-28(30(39)35-23-7-5-4-6-8-23)19(3)34-32-36(29)31(40)26(42-32)16-20-9-14-25(24(33)15-20)41-17-27(37)38/h4-16,18,29H,17H2,1-3H3,(H,35,39)(H,37,38)/b26-16+/t29-/m0/s1. The van der Waals surface area contributed by atoms with Crippen LogP contribution in [0.25, 0.3) is 6.08 Å². The maximum atomic E-state index is 14.0. The molecule has 0 fully saturated rings. The van der Waals surface area contributed by atoms with E-state index >= 15 is 0 Å². The van der Waals surface area contributed by atoms with Gasteiger partial charge in [-0.2, -0.15) is 0 Å². The molecule has 2 N–H and O–H groups in total. The topological polar surface area (TPSA) is 110 Å². The van der Waals surface area contributed by atoms with Gasteiger partial charge in [-0.3, -0.25) is 14.2 Å². The van der Waals surface area contributed by atoms with Crippen LogP contribution in [0.5, 0.6) is 5.75 Å². The first-order chi connectivity index (χ1) is 20.1. The molecule has 2 heterocycles. The first kappa shape index (κ1) is 29.2. The van der Waals surface area contributed by atoms with Crippen molar-refractivity contribution in [3.05, 3.63) is 125 Å². The van der Waals surface area contributed by atoms with Crippen molar-refractivity contribution in [1.82, 2.24) is 4.57 Å². The zero-order valence-corrected chi connectivity index (χ0v) is 25.5. The van der Waals surface area contributed by atoms with E-state index in [0.29, 0.717) is 48.0 Å². The molecule has 0 spiro atoms. The first-order valence-corrected chi connectivity index (χ1v) is 14.9. The van der Waals surface area contributed by atoms with Crippen molar-refractivity contribution in [2.24, 2.45) is 4.99 Å². The number of fused-ring (bicyclic) bond motifs is 1. The van der Waals surface area contributed by atoms with Crippen LogP contribution in [0, 0.1) is 0 Å². The summed E-state index contributed by atoms with van der Waals surface area (Å²) in [5.41, 5.74) is 4.00. The monoisotopic (exact) mass is 645 g/mol. The zero-order valence-electron chi connectivity index (χ0n) is 23.1. The average Bonchev–Trinajstić information content (AvgIpc) is 3.26. The second-order valence-corrected chi connectivity index (χ2v) is 12.0. The molecular formula is C32H28BrN3O5S. The normalized spacial score (nSPS) is 14.9. The predicted octanol–water partition coefficient (Wildman–Crippen LogP) is 5.22. The van der Waals surface area contributed by atoms with Crippen LogP contribution >= 0.6 is 27.3 Å². The molecule has 1 aliphatic rings. The number of halogens is 1. The molecule has 214 valence electrons. The maximum Gasteiger partial charge on any atom is 0.341 e. The molecule has 1 atom stereocenters. The van der Waals surface area contributed by atoms with Crippen molar-refractivity contribution in [3.63, 3.8) is 0 Å². The van der Waals surface area contributed by atoms with E-state index in [1.54, 1.807) is 35.8 Å². The van der Waals surface area contributed by atoms with Crippen molar-refractivity contribution >= 4 is 50.9 Å². The Balaban J connectivity index is 1.60. The Bertz CT molecular complexity index is 1880. The molecule has 0 aliphatic carbocycles. The second kappa shape index (κ2) is 12.3. The predicted molar refractivity (Wildman–Crippen MR) is 167 cm³/mol. The van der Waals surface area contributed by atoms with Crippen LogP contribution in [-0.4, -0.2) is 28.2 Å². The van der Waals surface area contributed by atoms with Gasteiger partial charge in [0.1, 0.15) is 5.75 Å². The summed E-state index contributed by atoms with van der Waals surface area (Å²) in [6, 6.07) is 21.7. The summed E-state index contributed by atoms with van der Waals surface area (Å²) in [5.74, 6) is -0.687. The number of nitrogens with zero attached hydrogens (tertiary/aromatic N) is 2. The molecule has 0 saturated heterocycles. The molecule has 4 aromatic rings. The fourth-order valence-electron chi connectivity index (χ4n) is 4.73. The summed E-state index contributed by atoms with van der Waals surface area (Å²) in [5, 5.41) is 11.9. The number of benzene rings is 3. The lowest BCUT2D eigenvalue weighted by atomic mass is 9.93. The van der Waals surface area contributed by atoms with E-state index in [-0.39, 0.29) is 11.5 Å². The van der Waals surface area contributed by atoms with Gasteiger partial charge in [-0.15, -0.1) is 0 Å². The Morgan fingerprint density at radius 2 is 1.83 bits per heavy atom. The number of amides is 1. The number of carboxylic acid groups (broad SMARTS) is 1. The van der Waals surface area contributed by atoms with Gasteiger partial charge in [0, 0.05) is 5.69 Å². The van der Waals surface area contributed by atoms with Crippen LogP contribution in [0.1, 0.15) is 49.4 Å². The minimum Gasteiger partial charge on any atom is -0.481 e. The fraction of sp³-hybridized carbons (Fsp3) is 0.188. The van der Waals surface area contributed by atoms with E-state index in [1.165, 1.54) is 11.3 Å². The fourth-order valence-corrected chi connectivity index (χ4v) is 6.28. The lowest BCUT2D eigenvalue weighted by molar-refractivity contribution is -0.139. The third-order valence-corrected chi connectivity index (χ3v) is 8.42. The number of nitrogens with one attached hydrogen (secondary N) is 1. The Morgan fingerprint density at radius 3 is 2.48 bits per heavy atom. The molecule has 0 saturated carbocycles. The number of carboxylic acids is 1. The summed E-state index contributed by atoms with van der Waals surface area (Å²) in [6.45, 7) is 5.56. The summed E-state index contributed by atoms with van der Waals surface area (Å²) < 4.78 is 7.88. The molecule has 1 amide bonds. The highest BCUT2D eigenvalue weighted by Gasteiger charge is 2.32. The van der Waals surface area contributed by atoms with E-state index in [1.807, 2.05) is 54.6 Å². The highest BCUT2D eigenvalue weighted by molar-refractivity contribution is 9.10. The number of carbonyl (C=O) groups excluding carboxylic acids is 1. The largest absolute Gasteiger partial charge is 0.481 e. The number of allylic oxidation sites excluding steroid dienone is 1. The summed E-state index contributed by atoms with van der Waals surface area (Å²) >= 11 is 4.66. The number of hydrogen-bond acceptors (Lipinski definition) is 6. The third kappa shape index (κ3) is 6.14. The molecule has 1 aromatic heterocycles. The van der Waals surface area contributed by atoms with Gasteiger partial charge in [0.15, 0.2) is 11.4 Å². The van der Waals surface area contributed by atoms with Crippen molar-refractivity contribution in [2.75, 3.05) is 11.9 Å². The Hall–Kier alpha value is -4.28. The van der Waals surface area contributed by atoms with E-state index < -0.39 is 18.6 Å². The van der Waals surface area contributed by atoms with E-state index in [2.05, 4.69) is 35.1 Å². The molecule has 8 nitrogen and oxygen atoms in total. The quantitative estimate of drug-likeness (QED) is 0.273. The smallest absolute Gasteiger partial charge is 0.341 e. The lowest BCUT2D eigenvalue weighted by Gasteiger charge is -2.25. The second-order valence-electron chi connectivity index (χ2n) is 10.1. The molecule has 42 heavy (non-hydrogen) atoms. The molecule has 0 bridgehead atoms. The van der Waals surface area contributed by atoms with Crippen molar-refractivity contribution in [2.45, 2.75) is 32.7 Å². The highest BCUT2D eigenvalue weighted by Crippen LogP contribution is 2.32. The van der Waals surface area contributed by atoms with Crippen LogP contribution in [0.4, 0.5) is 5.69 Å². The molecule has 5 rings (SSSR count). The third-order valence-electron chi connectivity index (χ3n) is 6.82. The summed E-state index contributed by atoms with van der Waals surface area (Å²) in [6.07, 6.45) is 1.75. The number of aliphatic carboxylic acids is 1. The number of thiazole rings is 1. The molecule has 3 aromatic carbocycles. The Morgan fingerprint density at radius 1 is 1.12 bits per heavy atom. The van der Waals surface area contributed by atoms with Gasteiger partial charge < -0.3 is 15.2 Å². The number of rotatable bonds is 8. The van der Waals surface area contributed by atoms with Crippen LogP contribution in [-0.2, 0) is 9.59 Å². The Kier molecular flexibility index (Phi) is 8.56. The van der Waals surface area contributed by atoms with Crippen LogP contribution in [0.3, 0.4) is 0 Å². The average molecular weight is 647 g/mol. The van der Waals surface area contributed by atoms with Gasteiger partial charge in [-0.05, 0) is 75.8 Å². The van der Waals surface area contributed by atoms with Gasteiger partial charge in [0.2, 0.25) is 0 Å². The zero-order chi connectivity index (χ0) is 30.0. The van der Waals surface area contributed by atoms with Crippen LogP contribution in [0.2, 0.25) is 0 Å². The van der Waals surface area contributed by atoms with Gasteiger partial charge in [0.25, 0.3) is 11.5 Å². The molecule has 10 heteroatoms. The van der Waals surface area contributed by atoms with Gasteiger partial charge in [0.05, 0.1) is 26.3 Å². The van der Waals surface area contributed by atoms with E-state index in [0.717, 1.165) is 11.1 Å². The Labute approximate surface area is 254 Å². The first-order valence-electron chi connectivity index (χ1n) is 13.3.